The summed E-state index contributed by atoms with van der Waals surface area (Å²) < 4.78 is 0. The fourth-order valence-corrected chi connectivity index (χ4v) is 3.09. The number of hydrogen-bond acceptors (Lipinski definition) is 2. The normalized spacial score (nSPS) is 17.3. The van der Waals surface area contributed by atoms with Crippen LogP contribution in [0.1, 0.15) is 25.0 Å². The molecule has 104 valence electrons. The first kappa shape index (κ1) is 13.2. The Balaban J connectivity index is 2.01. The minimum atomic E-state index is 0.523. The largest absolute Gasteiger partial charge is 0.338 e. The highest BCUT2D eigenvalue weighted by Crippen LogP contribution is 2.39. The average molecular weight is 266 g/mol. The molecular weight excluding hydrogens is 244 g/mol. The third kappa shape index (κ3) is 2.32. The van der Waals surface area contributed by atoms with Crippen LogP contribution in [0.3, 0.4) is 0 Å². The van der Waals surface area contributed by atoms with Crippen molar-refractivity contribution in [3.8, 4) is 0 Å². The lowest BCUT2D eigenvalue weighted by atomic mass is 10.1. The van der Waals surface area contributed by atoms with Crippen LogP contribution in [0.2, 0.25) is 0 Å². The Kier molecular flexibility index (Phi) is 3.75. The van der Waals surface area contributed by atoms with E-state index in [0.717, 1.165) is 19.5 Å². The van der Waals surface area contributed by atoms with Gasteiger partial charge in [-0.1, -0.05) is 43.3 Å². The summed E-state index contributed by atoms with van der Waals surface area (Å²) in [6, 6.07) is 18.0. The van der Waals surface area contributed by atoms with Crippen LogP contribution < -0.4 is 10.2 Å². The molecule has 1 aliphatic rings. The van der Waals surface area contributed by atoms with Gasteiger partial charge in [0.25, 0.3) is 0 Å². The molecule has 1 N–H and O–H groups in total. The maximum atomic E-state index is 3.44. The molecule has 0 saturated carbocycles. The van der Waals surface area contributed by atoms with E-state index in [4.69, 9.17) is 0 Å². The minimum Gasteiger partial charge on any atom is -0.338 e. The van der Waals surface area contributed by atoms with E-state index in [-0.39, 0.29) is 0 Å². The van der Waals surface area contributed by atoms with E-state index < -0.39 is 0 Å². The van der Waals surface area contributed by atoms with Crippen molar-refractivity contribution in [2.45, 2.75) is 32.9 Å². The van der Waals surface area contributed by atoms with Crippen LogP contribution in [0, 0.1) is 0 Å². The quantitative estimate of drug-likeness (QED) is 0.903. The van der Waals surface area contributed by atoms with Gasteiger partial charge in [-0.2, -0.15) is 0 Å². The molecule has 0 radical (unpaired) electrons. The molecule has 2 aromatic carbocycles. The Labute approximate surface area is 121 Å². The summed E-state index contributed by atoms with van der Waals surface area (Å²) in [5.74, 6) is 0. The summed E-state index contributed by atoms with van der Waals surface area (Å²) in [7, 11) is 0. The molecule has 0 fully saturated rings. The van der Waals surface area contributed by atoms with Gasteiger partial charge >= 0.3 is 0 Å². The van der Waals surface area contributed by atoms with Gasteiger partial charge in [0, 0.05) is 24.0 Å². The lowest BCUT2D eigenvalue weighted by Gasteiger charge is -2.27. The molecule has 2 nitrogen and oxygen atoms in total. The zero-order chi connectivity index (χ0) is 13.9. The molecule has 2 aromatic rings. The van der Waals surface area contributed by atoms with Gasteiger partial charge in [-0.3, -0.25) is 0 Å². The van der Waals surface area contributed by atoms with Gasteiger partial charge in [-0.15, -0.1) is 0 Å². The lowest BCUT2D eigenvalue weighted by molar-refractivity contribution is 0.714. The van der Waals surface area contributed by atoms with Crippen molar-refractivity contribution in [2.24, 2.45) is 0 Å². The molecule has 1 unspecified atom stereocenters. The van der Waals surface area contributed by atoms with Gasteiger partial charge in [-0.05, 0) is 43.1 Å². The van der Waals surface area contributed by atoms with E-state index in [1.165, 1.54) is 22.5 Å². The molecular formula is C18H22N2. The second-order valence-electron chi connectivity index (χ2n) is 5.46. The van der Waals surface area contributed by atoms with Crippen molar-refractivity contribution >= 4 is 11.4 Å². The molecule has 0 aliphatic carbocycles. The molecule has 0 aromatic heterocycles. The van der Waals surface area contributed by atoms with Crippen LogP contribution >= 0.6 is 0 Å². The highest BCUT2D eigenvalue weighted by molar-refractivity contribution is 5.73. The second-order valence-corrected chi connectivity index (χ2v) is 5.46. The Hall–Kier alpha value is -1.80. The SMILES string of the molecule is CCNCc1ccccc1N1c2ccccc2CC1C. The monoisotopic (exact) mass is 266 g/mol. The van der Waals surface area contributed by atoms with Crippen molar-refractivity contribution in [3.63, 3.8) is 0 Å². The summed E-state index contributed by atoms with van der Waals surface area (Å²) in [6.07, 6.45) is 1.13. The Morgan fingerprint density at radius 3 is 2.55 bits per heavy atom. The van der Waals surface area contributed by atoms with E-state index in [1.54, 1.807) is 0 Å². The summed E-state index contributed by atoms with van der Waals surface area (Å²) in [4.78, 5) is 2.49. The Morgan fingerprint density at radius 1 is 1.05 bits per heavy atom. The van der Waals surface area contributed by atoms with Crippen LogP contribution in [0.15, 0.2) is 48.5 Å². The van der Waals surface area contributed by atoms with Gasteiger partial charge in [0.05, 0.1) is 0 Å². The summed E-state index contributed by atoms with van der Waals surface area (Å²) in [5.41, 5.74) is 5.53. The van der Waals surface area contributed by atoms with Crippen molar-refractivity contribution in [1.29, 1.82) is 0 Å². The maximum absolute atomic E-state index is 3.44. The maximum Gasteiger partial charge on any atom is 0.0459 e. The predicted octanol–water partition coefficient (Wildman–Crippen LogP) is 3.88. The summed E-state index contributed by atoms with van der Waals surface area (Å²) in [5, 5.41) is 3.44. The first-order chi connectivity index (χ1) is 9.81. The zero-order valence-corrected chi connectivity index (χ0v) is 12.3. The molecule has 2 heteroatoms. The van der Waals surface area contributed by atoms with E-state index >= 15 is 0 Å². The lowest BCUT2D eigenvalue weighted by Crippen LogP contribution is -2.26. The van der Waals surface area contributed by atoms with Crippen LogP contribution in [-0.4, -0.2) is 12.6 Å². The van der Waals surface area contributed by atoms with Gasteiger partial charge in [0.2, 0.25) is 0 Å². The Morgan fingerprint density at radius 2 is 1.75 bits per heavy atom. The number of rotatable bonds is 4. The fraction of sp³-hybridized carbons (Fsp3) is 0.333. The van der Waals surface area contributed by atoms with E-state index in [0.29, 0.717) is 6.04 Å². The molecule has 1 heterocycles. The van der Waals surface area contributed by atoms with Gasteiger partial charge in [0.1, 0.15) is 0 Å². The number of anilines is 2. The van der Waals surface area contributed by atoms with E-state index in [1.807, 2.05) is 0 Å². The minimum absolute atomic E-state index is 0.523. The van der Waals surface area contributed by atoms with Crippen molar-refractivity contribution < 1.29 is 0 Å². The number of hydrogen-bond donors (Lipinski definition) is 1. The molecule has 0 spiro atoms. The molecule has 1 aliphatic heterocycles. The molecule has 0 amide bonds. The number of para-hydroxylation sites is 2. The van der Waals surface area contributed by atoms with Crippen LogP contribution in [-0.2, 0) is 13.0 Å². The van der Waals surface area contributed by atoms with Crippen LogP contribution in [0.4, 0.5) is 11.4 Å². The van der Waals surface area contributed by atoms with Crippen LogP contribution in [0.5, 0.6) is 0 Å². The van der Waals surface area contributed by atoms with Gasteiger partial charge < -0.3 is 10.2 Å². The molecule has 3 rings (SSSR count). The Bertz CT molecular complexity index is 591. The third-order valence-electron chi connectivity index (χ3n) is 4.02. The molecule has 0 saturated heterocycles. The van der Waals surface area contributed by atoms with Crippen molar-refractivity contribution in [2.75, 3.05) is 11.4 Å². The molecule has 1 atom stereocenters. The standard InChI is InChI=1S/C18H22N2/c1-3-19-13-16-9-5-7-11-18(16)20-14(2)12-15-8-4-6-10-17(15)20/h4-11,14,19H,3,12-13H2,1-2H3. The van der Waals surface area contributed by atoms with Crippen molar-refractivity contribution in [3.05, 3.63) is 59.7 Å². The van der Waals surface area contributed by atoms with Gasteiger partial charge in [0.15, 0.2) is 0 Å². The smallest absolute Gasteiger partial charge is 0.0459 e. The molecule has 0 bridgehead atoms. The average Bonchev–Trinajstić information content (AvgIpc) is 2.81. The van der Waals surface area contributed by atoms with Crippen molar-refractivity contribution in [1.82, 2.24) is 5.32 Å². The number of nitrogens with one attached hydrogen (secondary N) is 1. The summed E-state index contributed by atoms with van der Waals surface area (Å²) >= 11 is 0. The number of fused-ring (bicyclic) bond motifs is 1. The first-order valence-electron chi connectivity index (χ1n) is 7.47. The third-order valence-corrected chi connectivity index (χ3v) is 4.02. The van der Waals surface area contributed by atoms with Gasteiger partial charge in [-0.25, -0.2) is 0 Å². The highest BCUT2D eigenvalue weighted by atomic mass is 15.2. The fourth-order valence-electron chi connectivity index (χ4n) is 3.09. The second kappa shape index (κ2) is 5.68. The van der Waals surface area contributed by atoms with Crippen LogP contribution in [0.25, 0.3) is 0 Å². The summed E-state index contributed by atoms with van der Waals surface area (Å²) in [6.45, 7) is 6.39. The predicted molar refractivity (Wildman–Crippen MR) is 85.6 cm³/mol. The molecule has 20 heavy (non-hydrogen) atoms. The zero-order valence-electron chi connectivity index (χ0n) is 12.3. The van der Waals surface area contributed by atoms with E-state index in [2.05, 4.69) is 72.6 Å². The first-order valence-corrected chi connectivity index (χ1v) is 7.47. The highest BCUT2D eigenvalue weighted by Gasteiger charge is 2.27. The number of benzene rings is 2. The topological polar surface area (TPSA) is 15.3 Å². The number of nitrogens with zero attached hydrogens (tertiary/aromatic N) is 1. The van der Waals surface area contributed by atoms with E-state index in [9.17, 15) is 0 Å².